The molecule has 0 saturated heterocycles. The lowest BCUT2D eigenvalue weighted by atomic mass is 10.00. The van der Waals surface area contributed by atoms with Gasteiger partial charge in [-0.05, 0) is 73.4 Å². The molecular formula is C24H24BrN3O3S. The minimum absolute atomic E-state index is 0.0991. The first-order valence-electron chi connectivity index (χ1n) is 9.92. The highest BCUT2D eigenvalue weighted by atomic mass is 79.9. The molecule has 0 unspecified atom stereocenters. The number of benzene rings is 3. The largest absolute Gasteiger partial charge is 0.271 e. The van der Waals surface area contributed by atoms with Crippen LogP contribution in [0.25, 0.3) is 0 Å². The summed E-state index contributed by atoms with van der Waals surface area (Å²) < 4.78 is 28.3. The minimum atomic E-state index is -3.96. The van der Waals surface area contributed by atoms with Crippen LogP contribution in [0.4, 0.5) is 5.69 Å². The molecule has 3 aromatic rings. The van der Waals surface area contributed by atoms with Crippen LogP contribution in [0, 0.1) is 20.8 Å². The van der Waals surface area contributed by atoms with E-state index in [1.807, 2.05) is 32.9 Å². The summed E-state index contributed by atoms with van der Waals surface area (Å²) in [5.74, 6) is -0.554. The maximum atomic E-state index is 13.3. The fraction of sp³-hybridized carbons (Fsp3) is 0.167. The molecule has 8 heteroatoms. The predicted octanol–water partition coefficient (Wildman–Crippen LogP) is 4.72. The van der Waals surface area contributed by atoms with Gasteiger partial charge in [0, 0.05) is 4.47 Å². The number of sulfonamides is 1. The zero-order valence-corrected chi connectivity index (χ0v) is 20.4. The van der Waals surface area contributed by atoms with Crippen LogP contribution in [-0.2, 0) is 14.8 Å². The van der Waals surface area contributed by atoms with Crippen molar-refractivity contribution in [3.63, 3.8) is 0 Å². The Balaban J connectivity index is 1.84. The van der Waals surface area contributed by atoms with Gasteiger partial charge in [0.1, 0.15) is 6.54 Å². The van der Waals surface area contributed by atoms with Gasteiger partial charge in [0.25, 0.3) is 15.9 Å². The first-order valence-corrected chi connectivity index (χ1v) is 12.2. The summed E-state index contributed by atoms with van der Waals surface area (Å²) in [6, 6.07) is 18.7. The van der Waals surface area contributed by atoms with Crippen molar-refractivity contribution in [1.82, 2.24) is 5.43 Å². The van der Waals surface area contributed by atoms with Crippen LogP contribution in [-0.4, -0.2) is 27.1 Å². The Morgan fingerprint density at radius 1 is 1.00 bits per heavy atom. The maximum Gasteiger partial charge on any atom is 0.264 e. The lowest BCUT2D eigenvalue weighted by Gasteiger charge is -2.23. The lowest BCUT2D eigenvalue weighted by Crippen LogP contribution is -2.39. The van der Waals surface area contributed by atoms with Gasteiger partial charge in [-0.15, -0.1) is 0 Å². The number of hydrogen-bond donors (Lipinski definition) is 1. The van der Waals surface area contributed by atoms with Gasteiger partial charge in [-0.2, -0.15) is 5.10 Å². The van der Waals surface area contributed by atoms with Crippen LogP contribution in [0.5, 0.6) is 0 Å². The van der Waals surface area contributed by atoms with E-state index >= 15 is 0 Å². The average molecular weight is 514 g/mol. The Hall–Kier alpha value is -2.97. The molecule has 0 heterocycles. The second kappa shape index (κ2) is 10.1. The van der Waals surface area contributed by atoms with E-state index in [2.05, 4.69) is 26.5 Å². The molecule has 0 atom stereocenters. The zero-order valence-electron chi connectivity index (χ0n) is 18.0. The summed E-state index contributed by atoms with van der Waals surface area (Å²) in [5, 5.41) is 4.04. The second-order valence-corrected chi connectivity index (χ2v) is 10.1. The number of carbonyl (C=O) groups excluding carboxylic acids is 1. The van der Waals surface area contributed by atoms with E-state index in [1.54, 1.807) is 48.7 Å². The molecule has 32 heavy (non-hydrogen) atoms. The molecule has 0 bridgehead atoms. The van der Waals surface area contributed by atoms with Gasteiger partial charge >= 0.3 is 0 Å². The molecule has 1 amide bonds. The number of carbonyl (C=O) groups is 1. The van der Waals surface area contributed by atoms with Crippen molar-refractivity contribution < 1.29 is 13.2 Å². The van der Waals surface area contributed by atoms with Crippen LogP contribution in [0.1, 0.15) is 22.3 Å². The van der Waals surface area contributed by atoms with Crippen LogP contribution < -0.4 is 9.73 Å². The van der Waals surface area contributed by atoms with Crippen LogP contribution >= 0.6 is 15.9 Å². The van der Waals surface area contributed by atoms with E-state index in [-0.39, 0.29) is 4.90 Å². The Morgan fingerprint density at radius 3 is 2.41 bits per heavy atom. The SMILES string of the molecule is Cc1ccc(/C=N\NC(=O)CN(c2cccc(Br)c2)S(=O)(=O)c2ccccc2)c(C)c1C. The molecule has 0 saturated carbocycles. The van der Waals surface area contributed by atoms with E-state index in [4.69, 9.17) is 0 Å². The van der Waals surface area contributed by atoms with Crippen molar-refractivity contribution in [2.45, 2.75) is 25.7 Å². The summed E-state index contributed by atoms with van der Waals surface area (Å²) >= 11 is 3.36. The highest BCUT2D eigenvalue weighted by molar-refractivity contribution is 9.10. The number of anilines is 1. The number of hydrazone groups is 1. The summed E-state index contributed by atoms with van der Waals surface area (Å²) in [5.41, 5.74) is 7.11. The summed E-state index contributed by atoms with van der Waals surface area (Å²) in [6.07, 6.45) is 1.56. The van der Waals surface area contributed by atoms with Gasteiger partial charge in [-0.3, -0.25) is 9.10 Å². The summed E-state index contributed by atoms with van der Waals surface area (Å²) in [7, 11) is -3.96. The molecule has 3 aromatic carbocycles. The maximum absolute atomic E-state index is 13.3. The lowest BCUT2D eigenvalue weighted by molar-refractivity contribution is -0.119. The third-order valence-corrected chi connectivity index (χ3v) is 7.49. The summed E-state index contributed by atoms with van der Waals surface area (Å²) in [4.78, 5) is 12.7. The fourth-order valence-electron chi connectivity index (χ4n) is 3.12. The molecule has 0 aromatic heterocycles. The Bertz CT molecular complexity index is 1260. The number of aryl methyl sites for hydroxylation is 1. The Kier molecular flexibility index (Phi) is 7.48. The number of hydrogen-bond acceptors (Lipinski definition) is 4. The normalized spacial score (nSPS) is 11.5. The van der Waals surface area contributed by atoms with Gasteiger partial charge in [0.15, 0.2) is 0 Å². The molecule has 0 fully saturated rings. The van der Waals surface area contributed by atoms with Crippen LogP contribution in [0.2, 0.25) is 0 Å². The van der Waals surface area contributed by atoms with Crippen molar-refractivity contribution in [3.8, 4) is 0 Å². The predicted molar refractivity (Wildman–Crippen MR) is 132 cm³/mol. The molecule has 0 spiro atoms. The highest BCUT2D eigenvalue weighted by Gasteiger charge is 2.27. The number of halogens is 1. The second-order valence-electron chi connectivity index (χ2n) is 7.32. The van der Waals surface area contributed by atoms with E-state index in [0.717, 1.165) is 21.0 Å². The standard InChI is InChI=1S/C24H24BrN3O3S/c1-17-12-13-20(19(3)18(17)2)15-26-27-24(29)16-28(22-9-7-8-21(25)14-22)32(30,31)23-10-5-4-6-11-23/h4-15H,16H2,1-3H3,(H,27,29)/b26-15-. The molecule has 6 nitrogen and oxygen atoms in total. The average Bonchev–Trinajstić information content (AvgIpc) is 2.78. The third kappa shape index (κ3) is 5.44. The first-order chi connectivity index (χ1) is 15.2. The smallest absolute Gasteiger partial charge is 0.264 e. The van der Waals surface area contributed by atoms with Gasteiger partial charge in [-0.25, -0.2) is 13.8 Å². The van der Waals surface area contributed by atoms with Gasteiger partial charge in [0.05, 0.1) is 16.8 Å². The van der Waals surface area contributed by atoms with Gasteiger partial charge in [0.2, 0.25) is 0 Å². The summed E-state index contributed by atoms with van der Waals surface area (Å²) in [6.45, 7) is 5.64. The fourth-order valence-corrected chi connectivity index (χ4v) is 4.94. The van der Waals surface area contributed by atoms with Crippen LogP contribution in [0.3, 0.4) is 0 Å². The zero-order chi connectivity index (χ0) is 23.3. The Labute approximate surface area is 197 Å². The van der Waals surface area contributed by atoms with Crippen molar-refractivity contribution in [2.75, 3.05) is 10.8 Å². The molecule has 0 aliphatic carbocycles. The quantitative estimate of drug-likeness (QED) is 0.366. The molecule has 166 valence electrons. The molecule has 0 aliphatic heterocycles. The topological polar surface area (TPSA) is 78.8 Å². The van der Waals surface area contributed by atoms with E-state index in [1.165, 1.54) is 17.7 Å². The molecular weight excluding hydrogens is 490 g/mol. The van der Waals surface area contributed by atoms with Gasteiger partial charge < -0.3 is 0 Å². The number of nitrogens with zero attached hydrogens (tertiary/aromatic N) is 2. The molecule has 1 N–H and O–H groups in total. The van der Waals surface area contributed by atoms with E-state index in [0.29, 0.717) is 10.2 Å². The van der Waals surface area contributed by atoms with Crippen molar-refractivity contribution >= 4 is 43.8 Å². The first kappa shape index (κ1) is 23.7. The van der Waals surface area contributed by atoms with E-state index < -0.39 is 22.5 Å². The Morgan fingerprint density at radius 2 is 1.72 bits per heavy atom. The number of amides is 1. The van der Waals surface area contributed by atoms with Crippen molar-refractivity contribution in [1.29, 1.82) is 0 Å². The monoisotopic (exact) mass is 513 g/mol. The third-order valence-electron chi connectivity index (χ3n) is 5.21. The number of nitrogens with one attached hydrogen (secondary N) is 1. The molecule has 3 rings (SSSR count). The van der Waals surface area contributed by atoms with Crippen LogP contribution in [0.15, 0.2) is 81.2 Å². The number of rotatable bonds is 7. The van der Waals surface area contributed by atoms with Crippen molar-refractivity contribution in [3.05, 3.63) is 93.5 Å². The minimum Gasteiger partial charge on any atom is -0.271 e. The highest BCUT2D eigenvalue weighted by Crippen LogP contribution is 2.26. The molecule has 0 radical (unpaired) electrons. The van der Waals surface area contributed by atoms with E-state index in [9.17, 15) is 13.2 Å². The van der Waals surface area contributed by atoms with Crippen molar-refractivity contribution in [2.24, 2.45) is 5.10 Å². The van der Waals surface area contributed by atoms with Gasteiger partial charge in [-0.1, -0.05) is 52.3 Å². The molecule has 0 aliphatic rings.